The number of anilines is 5. The molecule has 1 aliphatic rings. The van der Waals surface area contributed by atoms with Gasteiger partial charge in [-0.1, -0.05) is 23.7 Å². The summed E-state index contributed by atoms with van der Waals surface area (Å²) in [6.07, 6.45) is -1.57. The van der Waals surface area contributed by atoms with Crippen molar-refractivity contribution in [2.75, 3.05) is 41.8 Å². The number of aromatic nitrogens is 3. The van der Waals surface area contributed by atoms with E-state index in [9.17, 15) is 13.2 Å². The normalized spacial score (nSPS) is 14.4. The van der Waals surface area contributed by atoms with Gasteiger partial charge in [-0.25, -0.2) is 9.97 Å². The highest BCUT2D eigenvalue weighted by atomic mass is 35.5. The molecule has 3 heterocycles. The lowest BCUT2D eigenvalue weighted by atomic mass is 10.1. The minimum absolute atomic E-state index is 0.0498. The smallest absolute Gasteiger partial charge is 0.378 e. The number of morpholine rings is 1. The topological polar surface area (TPSA) is 75.2 Å². The zero-order chi connectivity index (χ0) is 21.8. The van der Waals surface area contributed by atoms with Crippen molar-refractivity contribution in [2.24, 2.45) is 0 Å². The van der Waals surface area contributed by atoms with Crippen LogP contribution in [-0.2, 0) is 10.9 Å². The number of nitrogens with zero attached hydrogens (tertiary/aromatic N) is 4. The molecule has 2 aromatic heterocycles. The zero-order valence-corrected chi connectivity index (χ0v) is 16.9. The lowest BCUT2D eigenvalue weighted by Crippen LogP contribution is -2.36. The second kappa shape index (κ2) is 8.94. The van der Waals surface area contributed by atoms with Crippen molar-refractivity contribution >= 4 is 40.6 Å². The van der Waals surface area contributed by atoms with E-state index in [1.165, 1.54) is 24.4 Å². The molecule has 0 saturated carbocycles. The summed E-state index contributed by atoms with van der Waals surface area (Å²) in [6.45, 7) is 2.87. The molecular weight excluding hydrogens is 433 g/mol. The molecule has 1 aromatic carbocycles. The third-order valence-corrected chi connectivity index (χ3v) is 4.85. The Bertz CT molecular complexity index is 1040. The fourth-order valence-electron chi connectivity index (χ4n) is 3.05. The van der Waals surface area contributed by atoms with Gasteiger partial charge in [0.05, 0.1) is 42.5 Å². The average Bonchev–Trinajstić information content (AvgIpc) is 2.77. The van der Waals surface area contributed by atoms with Gasteiger partial charge in [0.15, 0.2) is 5.82 Å². The summed E-state index contributed by atoms with van der Waals surface area (Å²) < 4.78 is 45.1. The number of benzene rings is 1. The van der Waals surface area contributed by atoms with Crippen LogP contribution in [0.15, 0.2) is 48.8 Å². The Morgan fingerprint density at radius 1 is 0.968 bits per heavy atom. The average molecular weight is 451 g/mol. The predicted molar refractivity (Wildman–Crippen MR) is 112 cm³/mol. The summed E-state index contributed by atoms with van der Waals surface area (Å²) in [5.74, 6) is 1.04. The molecule has 2 N–H and O–H groups in total. The van der Waals surface area contributed by atoms with Crippen molar-refractivity contribution in [1.29, 1.82) is 0 Å². The lowest BCUT2D eigenvalue weighted by molar-refractivity contribution is -0.136. The molecule has 0 spiro atoms. The van der Waals surface area contributed by atoms with Gasteiger partial charge in [-0.3, -0.25) is 0 Å². The third kappa shape index (κ3) is 5.15. The van der Waals surface area contributed by atoms with Crippen molar-refractivity contribution in [3.8, 4) is 0 Å². The van der Waals surface area contributed by atoms with Gasteiger partial charge in [0.1, 0.15) is 10.8 Å². The van der Waals surface area contributed by atoms with Crippen LogP contribution in [0.2, 0.25) is 5.02 Å². The maximum absolute atomic E-state index is 13.3. The largest absolute Gasteiger partial charge is 0.418 e. The minimum atomic E-state index is -4.52. The van der Waals surface area contributed by atoms with Crippen LogP contribution in [0, 0.1) is 0 Å². The molecule has 0 aliphatic carbocycles. The van der Waals surface area contributed by atoms with Gasteiger partial charge >= 0.3 is 6.18 Å². The van der Waals surface area contributed by atoms with Crippen molar-refractivity contribution in [1.82, 2.24) is 15.0 Å². The highest BCUT2D eigenvalue weighted by Crippen LogP contribution is 2.36. The molecule has 3 aromatic rings. The Morgan fingerprint density at radius 2 is 1.74 bits per heavy atom. The van der Waals surface area contributed by atoms with E-state index in [4.69, 9.17) is 16.3 Å². The van der Waals surface area contributed by atoms with Crippen LogP contribution >= 0.6 is 11.6 Å². The fraction of sp³-hybridized carbons (Fsp3) is 0.250. The molecule has 1 fully saturated rings. The van der Waals surface area contributed by atoms with E-state index in [-0.39, 0.29) is 22.5 Å². The molecule has 11 heteroatoms. The Hall–Kier alpha value is -3.11. The van der Waals surface area contributed by atoms with Gasteiger partial charge < -0.3 is 20.3 Å². The van der Waals surface area contributed by atoms with Gasteiger partial charge in [-0.05, 0) is 24.3 Å². The molecule has 162 valence electrons. The molecule has 31 heavy (non-hydrogen) atoms. The Labute approximate surface area is 181 Å². The second-order valence-corrected chi connectivity index (χ2v) is 7.10. The van der Waals surface area contributed by atoms with Crippen LogP contribution in [0.4, 0.5) is 42.1 Å². The molecule has 0 amide bonds. The first-order valence-corrected chi connectivity index (χ1v) is 9.79. The van der Waals surface area contributed by atoms with Crippen molar-refractivity contribution in [3.63, 3.8) is 0 Å². The van der Waals surface area contributed by atoms with Gasteiger partial charge in [-0.2, -0.15) is 18.2 Å². The SMILES string of the molecule is FC(F)(F)c1ccccc1Nc1nc(Nc2ccc(N3CCOCC3)nc2)ncc1Cl. The van der Waals surface area contributed by atoms with E-state index >= 15 is 0 Å². The first-order valence-electron chi connectivity index (χ1n) is 9.42. The van der Waals surface area contributed by atoms with Crippen LogP contribution in [0.1, 0.15) is 5.56 Å². The summed E-state index contributed by atoms with van der Waals surface area (Å²) >= 11 is 6.10. The first-order chi connectivity index (χ1) is 14.9. The van der Waals surface area contributed by atoms with Gasteiger partial charge in [-0.15, -0.1) is 0 Å². The van der Waals surface area contributed by atoms with Crippen LogP contribution in [0.3, 0.4) is 0 Å². The number of alkyl halides is 3. The summed E-state index contributed by atoms with van der Waals surface area (Å²) in [7, 11) is 0. The number of para-hydroxylation sites is 1. The number of nitrogens with one attached hydrogen (secondary N) is 2. The summed E-state index contributed by atoms with van der Waals surface area (Å²) in [5.41, 5.74) is -0.346. The first kappa shape index (κ1) is 21.1. The number of halogens is 4. The van der Waals surface area contributed by atoms with Crippen LogP contribution in [-0.4, -0.2) is 41.3 Å². The zero-order valence-electron chi connectivity index (χ0n) is 16.2. The maximum Gasteiger partial charge on any atom is 0.418 e. The van der Waals surface area contributed by atoms with Crippen molar-refractivity contribution in [2.45, 2.75) is 6.18 Å². The van der Waals surface area contributed by atoms with Gasteiger partial charge in [0.25, 0.3) is 0 Å². The van der Waals surface area contributed by atoms with Crippen molar-refractivity contribution < 1.29 is 17.9 Å². The van der Waals surface area contributed by atoms with E-state index in [2.05, 4.69) is 30.5 Å². The van der Waals surface area contributed by atoms with Gasteiger partial charge in [0.2, 0.25) is 5.95 Å². The molecule has 1 saturated heterocycles. The monoisotopic (exact) mass is 450 g/mol. The molecule has 1 aliphatic heterocycles. The summed E-state index contributed by atoms with van der Waals surface area (Å²) in [4.78, 5) is 14.8. The van der Waals surface area contributed by atoms with Crippen molar-refractivity contribution in [3.05, 3.63) is 59.4 Å². The van der Waals surface area contributed by atoms with Crippen LogP contribution in [0.5, 0.6) is 0 Å². The summed E-state index contributed by atoms with van der Waals surface area (Å²) in [6, 6.07) is 8.79. The Balaban J connectivity index is 1.51. The fourth-order valence-corrected chi connectivity index (χ4v) is 3.19. The standard InChI is InChI=1S/C20H18ClF3N6O/c21-15-12-26-19(27-13-5-6-17(25-11-13)30-7-9-31-10-8-30)29-18(15)28-16-4-2-1-3-14(16)20(22,23)24/h1-6,11-12H,7-10H2,(H2,26,27,28,29). The molecular formula is C20H18ClF3N6O. The number of hydrogen-bond donors (Lipinski definition) is 2. The Morgan fingerprint density at radius 3 is 2.45 bits per heavy atom. The van der Waals surface area contributed by atoms with E-state index in [0.717, 1.165) is 25.0 Å². The maximum atomic E-state index is 13.3. The lowest BCUT2D eigenvalue weighted by Gasteiger charge is -2.27. The number of pyridine rings is 1. The van der Waals surface area contributed by atoms with Gasteiger partial charge in [0, 0.05) is 13.1 Å². The van der Waals surface area contributed by atoms with E-state index in [0.29, 0.717) is 18.9 Å². The van der Waals surface area contributed by atoms with Crippen LogP contribution < -0.4 is 15.5 Å². The molecule has 7 nitrogen and oxygen atoms in total. The second-order valence-electron chi connectivity index (χ2n) is 6.69. The molecule has 0 unspecified atom stereocenters. The molecule has 0 radical (unpaired) electrons. The number of ether oxygens (including phenoxy) is 1. The number of rotatable bonds is 5. The van der Waals surface area contributed by atoms with E-state index in [1.54, 1.807) is 6.20 Å². The van der Waals surface area contributed by atoms with E-state index in [1.807, 2.05) is 12.1 Å². The van der Waals surface area contributed by atoms with E-state index < -0.39 is 11.7 Å². The molecule has 0 bridgehead atoms. The summed E-state index contributed by atoms with van der Waals surface area (Å²) in [5, 5.41) is 5.72. The quantitative estimate of drug-likeness (QED) is 0.574. The highest BCUT2D eigenvalue weighted by Gasteiger charge is 2.33. The predicted octanol–water partition coefficient (Wildman–Crippen LogP) is 4.87. The molecule has 4 rings (SSSR count). The third-order valence-electron chi connectivity index (χ3n) is 4.57. The highest BCUT2D eigenvalue weighted by molar-refractivity contribution is 6.32. The Kier molecular flexibility index (Phi) is 6.10. The minimum Gasteiger partial charge on any atom is -0.378 e. The van der Waals surface area contributed by atoms with Crippen LogP contribution in [0.25, 0.3) is 0 Å². The molecule has 0 atom stereocenters. The number of hydrogen-bond acceptors (Lipinski definition) is 7.